The number of hydrogen-bond acceptors (Lipinski definition) is 4. The van der Waals surface area contributed by atoms with Gasteiger partial charge in [-0.05, 0) is 18.4 Å². The van der Waals surface area contributed by atoms with Crippen LogP contribution in [0.2, 0.25) is 0 Å². The summed E-state index contributed by atoms with van der Waals surface area (Å²) in [5.41, 5.74) is 0.741. The first-order valence-corrected chi connectivity index (χ1v) is 6.05. The number of rotatable bonds is 8. The van der Waals surface area contributed by atoms with Crippen LogP contribution in [0.4, 0.5) is 5.69 Å². The van der Waals surface area contributed by atoms with Crippen molar-refractivity contribution in [1.82, 2.24) is 0 Å². The van der Waals surface area contributed by atoms with Gasteiger partial charge in [0.15, 0.2) is 0 Å². The third-order valence-electron chi connectivity index (χ3n) is 2.50. The molecule has 1 aromatic carbocycles. The van der Waals surface area contributed by atoms with Gasteiger partial charge in [-0.25, -0.2) is 0 Å². The molecule has 0 saturated carbocycles. The Morgan fingerprint density at radius 2 is 2.16 bits per heavy atom. The zero-order valence-electron chi connectivity index (χ0n) is 10.5. The van der Waals surface area contributed by atoms with Crippen LogP contribution in [-0.4, -0.2) is 28.8 Å². The first kappa shape index (κ1) is 14.8. The van der Waals surface area contributed by atoms with Gasteiger partial charge in [-0.3, -0.25) is 19.9 Å². The molecule has 0 aliphatic heterocycles. The maximum atomic E-state index is 10.6. The molecule has 1 aromatic rings. The number of aliphatic carboxylic acids is 1. The summed E-state index contributed by atoms with van der Waals surface area (Å²) in [6, 6.07) is 6.27. The number of benzene rings is 1. The van der Waals surface area contributed by atoms with Gasteiger partial charge in [0, 0.05) is 31.3 Å². The minimum atomic E-state index is -0.778. The summed E-state index contributed by atoms with van der Waals surface area (Å²) in [5, 5.41) is 19.0. The highest BCUT2D eigenvalue weighted by Crippen LogP contribution is 2.11. The summed E-state index contributed by atoms with van der Waals surface area (Å²) >= 11 is 0. The van der Waals surface area contributed by atoms with Crippen molar-refractivity contribution in [3.05, 3.63) is 39.9 Å². The first-order chi connectivity index (χ1) is 9.09. The number of nitro benzene ring substituents is 1. The van der Waals surface area contributed by atoms with Crippen molar-refractivity contribution in [3.8, 4) is 0 Å². The summed E-state index contributed by atoms with van der Waals surface area (Å²) in [5.74, 6) is -0.778. The van der Waals surface area contributed by atoms with E-state index in [9.17, 15) is 14.9 Å². The van der Waals surface area contributed by atoms with Crippen molar-refractivity contribution >= 4 is 17.9 Å². The fourth-order valence-corrected chi connectivity index (χ4v) is 1.54. The van der Waals surface area contributed by atoms with Crippen LogP contribution in [-0.2, 0) is 4.79 Å². The minimum Gasteiger partial charge on any atom is -0.481 e. The van der Waals surface area contributed by atoms with Gasteiger partial charge in [-0.15, -0.1) is 0 Å². The molecule has 0 saturated heterocycles. The van der Waals surface area contributed by atoms with E-state index in [2.05, 4.69) is 4.99 Å². The molecular formula is C13H16N2O4. The Morgan fingerprint density at radius 3 is 2.84 bits per heavy atom. The van der Waals surface area contributed by atoms with Crippen LogP contribution in [0.3, 0.4) is 0 Å². The summed E-state index contributed by atoms with van der Waals surface area (Å²) in [6.45, 7) is 0.600. The van der Waals surface area contributed by atoms with Crippen LogP contribution < -0.4 is 0 Å². The Hall–Kier alpha value is -2.24. The molecule has 0 radical (unpaired) electrons. The lowest BCUT2D eigenvalue weighted by Crippen LogP contribution is -1.94. The van der Waals surface area contributed by atoms with Crippen LogP contribution >= 0.6 is 0 Å². The van der Waals surface area contributed by atoms with Gasteiger partial charge in [0.1, 0.15) is 0 Å². The highest BCUT2D eigenvalue weighted by Gasteiger charge is 2.03. The Labute approximate surface area is 110 Å². The molecule has 0 fully saturated rings. The number of nitro groups is 1. The van der Waals surface area contributed by atoms with Crippen LogP contribution in [0.15, 0.2) is 29.3 Å². The second-order valence-corrected chi connectivity index (χ2v) is 4.09. The highest BCUT2D eigenvalue weighted by molar-refractivity contribution is 5.80. The average Bonchev–Trinajstić information content (AvgIpc) is 2.37. The van der Waals surface area contributed by atoms with Crippen molar-refractivity contribution in [2.24, 2.45) is 4.99 Å². The Bertz CT molecular complexity index is 471. The van der Waals surface area contributed by atoms with E-state index in [4.69, 9.17) is 5.11 Å². The van der Waals surface area contributed by atoms with Gasteiger partial charge in [0.05, 0.1) is 4.92 Å². The van der Waals surface area contributed by atoms with Crippen molar-refractivity contribution in [2.75, 3.05) is 6.54 Å². The Morgan fingerprint density at radius 1 is 1.37 bits per heavy atom. The number of aliphatic imine (C=N–C) groups is 1. The topological polar surface area (TPSA) is 92.8 Å². The molecule has 102 valence electrons. The number of nitrogens with zero attached hydrogens (tertiary/aromatic N) is 2. The van der Waals surface area contributed by atoms with Crippen LogP contribution in [0.5, 0.6) is 0 Å². The van der Waals surface area contributed by atoms with Gasteiger partial charge in [-0.1, -0.05) is 18.6 Å². The van der Waals surface area contributed by atoms with Gasteiger partial charge >= 0.3 is 5.97 Å². The van der Waals surface area contributed by atoms with Crippen LogP contribution in [0.1, 0.15) is 31.2 Å². The largest absolute Gasteiger partial charge is 0.481 e. The fraction of sp³-hybridized carbons (Fsp3) is 0.385. The molecule has 1 rings (SSSR count). The smallest absolute Gasteiger partial charge is 0.303 e. The summed E-state index contributed by atoms with van der Waals surface area (Å²) < 4.78 is 0. The lowest BCUT2D eigenvalue weighted by Gasteiger charge is -1.96. The van der Waals surface area contributed by atoms with Gasteiger partial charge in [-0.2, -0.15) is 0 Å². The number of carboxylic acids is 1. The molecule has 19 heavy (non-hydrogen) atoms. The molecule has 0 heterocycles. The number of unbranched alkanes of at least 4 members (excludes halogenated alkanes) is 2. The minimum absolute atomic E-state index is 0.0467. The average molecular weight is 264 g/mol. The summed E-state index contributed by atoms with van der Waals surface area (Å²) in [4.78, 5) is 24.6. The van der Waals surface area contributed by atoms with Crippen molar-refractivity contribution < 1.29 is 14.8 Å². The number of hydrogen-bond donors (Lipinski definition) is 1. The third-order valence-corrected chi connectivity index (χ3v) is 2.50. The molecule has 0 spiro atoms. The molecule has 0 bridgehead atoms. The van der Waals surface area contributed by atoms with Crippen LogP contribution in [0.25, 0.3) is 0 Å². The van der Waals surface area contributed by atoms with Crippen molar-refractivity contribution in [3.63, 3.8) is 0 Å². The summed E-state index contributed by atoms with van der Waals surface area (Å²) in [7, 11) is 0. The van der Waals surface area contributed by atoms with E-state index in [0.717, 1.165) is 12.8 Å². The fourth-order valence-electron chi connectivity index (χ4n) is 1.54. The Balaban J connectivity index is 2.30. The number of non-ortho nitro benzene ring substituents is 1. The number of carbonyl (C=O) groups is 1. The molecule has 0 aliphatic rings. The Kier molecular flexibility index (Phi) is 6.21. The van der Waals surface area contributed by atoms with E-state index in [1.54, 1.807) is 18.3 Å². The quantitative estimate of drug-likeness (QED) is 0.338. The molecular weight excluding hydrogens is 248 g/mol. The maximum absolute atomic E-state index is 10.6. The zero-order valence-corrected chi connectivity index (χ0v) is 10.5. The van der Waals surface area contributed by atoms with E-state index in [1.807, 2.05) is 0 Å². The standard InChI is InChI=1S/C13H16N2O4/c16-13(17)7-2-1-3-8-14-10-11-5-4-6-12(9-11)15(18)19/h4-6,9-10H,1-3,7-8H2,(H,16,17). The van der Waals surface area contributed by atoms with Crippen LogP contribution in [0, 0.1) is 10.1 Å². The first-order valence-electron chi connectivity index (χ1n) is 6.05. The predicted molar refractivity (Wildman–Crippen MR) is 71.7 cm³/mol. The maximum Gasteiger partial charge on any atom is 0.303 e. The zero-order chi connectivity index (χ0) is 14.1. The van der Waals surface area contributed by atoms with E-state index in [0.29, 0.717) is 18.5 Å². The lowest BCUT2D eigenvalue weighted by molar-refractivity contribution is -0.384. The highest BCUT2D eigenvalue weighted by atomic mass is 16.6. The normalized spacial score (nSPS) is 10.7. The number of carboxylic acid groups (broad SMARTS) is 1. The van der Waals surface area contributed by atoms with E-state index >= 15 is 0 Å². The second kappa shape index (κ2) is 7.97. The SMILES string of the molecule is O=C(O)CCCCCN=Cc1cccc([N+](=O)[O-])c1. The van der Waals surface area contributed by atoms with Crippen molar-refractivity contribution in [2.45, 2.75) is 25.7 Å². The van der Waals surface area contributed by atoms with Gasteiger partial charge < -0.3 is 5.11 Å². The molecule has 0 atom stereocenters. The van der Waals surface area contributed by atoms with E-state index in [1.165, 1.54) is 12.1 Å². The molecule has 6 heteroatoms. The van der Waals surface area contributed by atoms with Crippen molar-refractivity contribution in [1.29, 1.82) is 0 Å². The van der Waals surface area contributed by atoms with E-state index in [-0.39, 0.29) is 12.1 Å². The molecule has 0 unspecified atom stereocenters. The predicted octanol–water partition coefficient (Wildman–Crippen LogP) is 2.66. The second-order valence-electron chi connectivity index (χ2n) is 4.09. The van der Waals surface area contributed by atoms with Gasteiger partial charge in [0.2, 0.25) is 0 Å². The third kappa shape index (κ3) is 6.30. The van der Waals surface area contributed by atoms with Gasteiger partial charge in [0.25, 0.3) is 5.69 Å². The molecule has 6 nitrogen and oxygen atoms in total. The van der Waals surface area contributed by atoms with E-state index < -0.39 is 10.9 Å². The monoisotopic (exact) mass is 264 g/mol. The lowest BCUT2D eigenvalue weighted by atomic mass is 10.2. The molecule has 0 amide bonds. The molecule has 0 aromatic heterocycles. The molecule has 1 N–H and O–H groups in total. The molecule has 0 aliphatic carbocycles. The summed E-state index contributed by atoms with van der Waals surface area (Å²) in [6.07, 6.45) is 4.08.